The molecule has 1 atom stereocenters. The Kier molecular flexibility index (Phi) is 8.36. The van der Waals surface area contributed by atoms with Crippen LogP contribution in [0.3, 0.4) is 0 Å². The first kappa shape index (κ1) is 23.4. The zero-order valence-corrected chi connectivity index (χ0v) is 19.1. The maximum absolute atomic E-state index is 12.9. The van der Waals surface area contributed by atoms with Crippen molar-refractivity contribution in [3.63, 3.8) is 0 Å². The summed E-state index contributed by atoms with van der Waals surface area (Å²) in [5.74, 6) is 1.12. The van der Waals surface area contributed by atoms with Crippen LogP contribution in [0.2, 0.25) is 0 Å². The third-order valence-electron chi connectivity index (χ3n) is 5.74. The van der Waals surface area contributed by atoms with Crippen LogP contribution in [0.25, 0.3) is 0 Å². The fourth-order valence-electron chi connectivity index (χ4n) is 4.09. The first-order chi connectivity index (χ1) is 15.5. The van der Waals surface area contributed by atoms with Gasteiger partial charge in [-0.2, -0.15) is 0 Å². The molecule has 1 aliphatic rings. The van der Waals surface area contributed by atoms with Crippen molar-refractivity contribution in [1.82, 2.24) is 10.2 Å². The predicted molar refractivity (Wildman–Crippen MR) is 125 cm³/mol. The largest absolute Gasteiger partial charge is 0.497 e. The van der Waals surface area contributed by atoms with Gasteiger partial charge in [0, 0.05) is 25.6 Å². The summed E-state index contributed by atoms with van der Waals surface area (Å²) in [5, 5.41) is 6.05. The summed E-state index contributed by atoms with van der Waals surface area (Å²) in [7, 11) is 3.12. The minimum Gasteiger partial charge on any atom is -0.497 e. The lowest BCUT2D eigenvalue weighted by atomic mass is 9.87. The van der Waals surface area contributed by atoms with Crippen molar-refractivity contribution in [2.75, 3.05) is 32.6 Å². The summed E-state index contributed by atoms with van der Waals surface area (Å²) in [6.07, 6.45) is 4.12. The smallest absolute Gasteiger partial charge is 0.321 e. The number of aryl methyl sites for hydroxylation is 1. The lowest BCUT2D eigenvalue weighted by Crippen LogP contribution is -2.39. The second kappa shape index (κ2) is 11.4. The van der Waals surface area contributed by atoms with Gasteiger partial charge in [-0.3, -0.25) is 4.79 Å². The van der Waals surface area contributed by atoms with Gasteiger partial charge in [0.2, 0.25) is 5.91 Å². The average Bonchev–Trinajstić information content (AvgIpc) is 2.82. The van der Waals surface area contributed by atoms with E-state index in [0.29, 0.717) is 30.3 Å². The van der Waals surface area contributed by atoms with Crippen LogP contribution in [0.15, 0.2) is 42.5 Å². The highest BCUT2D eigenvalue weighted by molar-refractivity contribution is 5.91. The van der Waals surface area contributed by atoms with Crippen LogP contribution in [0.1, 0.15) is 49.8 Å². The van der Waals surface area contributed by atoms with Crippen LogP contribution >= 0.6 is 0 Å². The van der Waals surface area contributed by atoms with E-state index < -0.39 is 0 Å². The number of amides is 3. The number of carbonyl (C=O) groups excluding carboxylic acids is 2. The van der Waals surface area contributed by atoms with E-state index in [4.69, 9.17) is 9.47 Å². The van der Waals surface area contributed by atoms with Crippen LogP contribution in [0.5, 0.6) is 11.5 Å². The molecule has 0 aromatic heterocycles. The maximum atomic E-state index is 12.9. The number of carbonyl (C=O) groups is 2. The van der Waals surface area contributed by atoms with Gasteiger partial charge in [-0.1, -0.05) is 31.2 Å². The molecular weight excluding hydrogens is 406 g/mol. The van der Waals surface area contributed by atoms with Gasteiger partial charge in [-0.15, -0.1) is 0 Å². The zero-order chi connectivity index (χ0) is 22.9. The first-order valence-electron chi connectivity index (χ1n) is 11.2. The van der Waals surface area contributed by atoms with E-state index in [9.17, 15) is 9.59 Å². The normalized spacial score (nSPS) is 14.8. The van der Waals surface area contributed by atoms with Crippen LogP contribution in [-0.2, 0) is 11.2 Å². The molecule has 0 radical (unpaired) electrons. The number of hydrogen-bond donors (Lipinski definition) is 2. The monoisotopic (exact) mass is 439 g/mol. The fraction of sp³-hybridized carbons (Fsp3) is 0.440. The Morgan fingerprint density at radius 3 is 2.66 bits per heavy atom. The molecule has 2 N–H and O–H groups in total. The lowest BCUT2D eigenvalue weighted by molar-refractivity contribution is -0.122. The van der Waals surface area contributed by atoms with Gasteiger partial charge >= 0.3 is 6.03 Å². The SMILES string of the molecule is CCCN(CCC(=O)NC1CCCc2ccccc21)C(=O)Nc1ccc(OC)cc1OC. The van der Waals surface area contributed by atoms with Crippen molar-refractivity contribution in [1.29, 1.82) is 0 Å². The van der Waals surface area contributed by atoms with Crippen molar-refractivity contribution in [2.24, 2.45) is 0 Å². The molecule has 0 saturated heterocycles. The number of nitrogens with zero attached hydrogens (tertiary/aromatic N) is 1. The Hall–Kier alpha value is -3.22. The van der Waals surface area contributed by atoms with Crippen molar-refractivity contribution in [3.05, 3.63) is 53.6 Å². The minimum atomic E-state index is -0.258. The van der Waals surface area contributed by atoms with Crippen molar-refractivity contribution < 1.29 is 19.1 Å². The summed E-state index contributed by atoms with van der Waals surface area (Å²) in [5.41, 5.74) is 3.08. The molecule has 0 aliphatic heterocycles. The Labute approximate surface area is 190 Å². The van der Waals surface area contributed by atoms with Crippen molar-refractivity contribution in [2.45, 2.75) is 45.1 Å². The molecule has 3 amide bonds. The summed E-state index contributed by atoms with van der Waals surface area (Å²) < 4.78 is 10.6. The topological polar surface area (TPSA) is 79.9 Å². The summed E-state index contributed by atoms with van der Waals surface area (Å²) in [4.78, 5) is 27.2. The molecule has 0 fully saturated rings. The van der Waals surface area contributed by atoms with Gasteiger partial charge in [0.05, 0.1) is 25.9 Å². The van der Waals surface area contributed by atoms with Gasteiger partial charge in [-0.25, -0.2) is 4.79 Å². The molecule has 0 heterocycles. The van der Waals surface area contributed by atoms with Crippen molar-refractivity contribution in [3.8, 4) is 11.5 Å². The predicted octanol–water partition coefficient (Wildman–Crippen LogP) is 4.53. The number of fused-ring (bicyclic) bond motifs is 1. The van der Waals surface area contributed by atoms with Gasteiger partial charge < -0.3 is 25.0 Å². The fourth-order valence-corrected chi connectivity index (χ4v) is 4.09. The number of hydrogen-bond acceptors (Lipinski definition) is 4. The first-order valence-corrected chi connectivity index (χ1v) is 11.2. The molecule has 0 bridgehead atoms. The number of anilines is 1. The molecule has 7 heteroatoms. The van der Waals surface area contributed by atoms with Gasteiger partial charge in [0.15, 0.2) is 0 Å². The molecule has 7 nitrogen and oxygen atoms in total. The number of methoxy groups -OCH3 is 2. The highest BCUT2D eigenvalue weighted by Gasteiger charge is 2.22. The van der Waals surface area contributed by atoms with E-state index in [1.54, 1.807) is 37.3 Å². The van der Waals surface area contributed by atoms with Crippen LogP contribution in [0.4, 0.5) is 10.5 Å². The molecular formula is C25H33N3O4. The third-order valence-corrected chi connectivity index (χ3v) is 5.74. The summed E-state index contributed by atoms with van der Waals surface area (Å²) in [6.45, 7) is 2.91. The Bertz CT molecular complexity index is 931. The molecule has 0 spiro atoms. The van der Waals surface area contributed by atoms with E-state index in [1.807, 2.05) is 19.1 Å². The summed E-state index contributed by atoms with van der Waals surface area (Å²) in [6, 6.07) is 13.3. The van der Waals surface area contributed by atoms with E-state index >= 15 is 0 Å². The van der Waals surface area contributed by atoms with Gasteiger partial charge in [0.25, 0.3) is 0 Å². The summed E-state index contributed by atoms with van der Waals surface area (Å²) >= 11 is 0. The van der Waals surface area contributed by atoms with Crippen LogP contribution in [-0.4, -0.2) is 44.1 Å². The van der Waals surface area contributed by atoms with Crippen LogP contribution < -0.4 is 20.1 Å². The molecule has 0 saturated carbocycles. The Morgan fingerprint density at radius 1 is 1.09 bits per heavy atom. The lowest BCUT2D eigenvalue weighted by Gasteiger charge is -2.27. The molecule has 1 unspecified atom stereocenters. The number of ether oxygens (including phenoxy) is 2. The van der Waals surface area contributed by atoms with Gasteiger partial charge in [-0.05, 0) is 48.9 Å². The number of benzene rings is 2. The highest BCUT2D eigenvalue weighted by atomic mass is 16.5. The molecule has 32 heavy (non-hydrogen) atoms. The third kappa shape index (κ3) is 5.93. The van der Waals surface area contributed by atoms with Gasteiger partial charge in [0.1, 0.15) is 11.5 Å². The average molecular weight is 440 g/mol. The molecule has 172 valence electrons. The van der Waals surface area contributed by atoms with Crippen LogP contribution in [0, 0.1) is 0 Å². The molecule has 3 rings (SSSR count). The van der Waals surface area contributed by atoms with E-state index in [1.165, 1.54) is 11.1 Å². The molecule has 2 aromatic rings. The molecule has 2 aromatic carbocycles. The Morgan fingerprint density at radius 2 is 1.91 bits per heavy atom. The van der Waals surface area contributed by atoms with Crippen molar-refractivity contribution >= 4 is 17.6 Å². The second-order valence-electron chi connectivity index (χ2n) is 7.94. The minimum absolute atomic E-state index is 0.0392. The zero-order valence-electron chi connectivity index (χ0n) is 19.1. The quantitative estimate of drug-likeness (QED) is 0.602. The highest BCUT2D eigenvalue weighted by Crippen LogP contribution is 2.30. The second-order valence-corrected chi connectivity index (χ2v) is 7.94. The maximum Gasteiger partial charge on any atom is 0.321 e. The standard InChI is InChI=1S/C25H33N3O4/c1-4-15-28(25(30)27-22-13-12-19(31-2)17-23(22)32-3)16-14-24(29)26-21-11-7-9-18-8-5-6-10-20(18)21/h5-6,8,10,12-13,17,21H,4,7,9,11,14-16H2,1-3H3,(H,26,29)(H,27,30). The Balaban J connectivity index is 1.58. The number of rotatable bonds is 9. The number of urea groups is 1. The van der Waals surface area contributed by atoms with E-state index in [0.717, 1.165) is 25.7 Å². The van der Waals surface area contributed by atoms with E-state index in [2.05, 4.69) is 22.8 Å². The number of nitrogens with one attached hydrogen (secondary N) is 2. The molecule has 1 aliphatic carbocycles. The van der Waals surface area contributed by atoms with E-state index in [-0.39, 0.29) is 24.4 Å².